The molecule has 4 N–H and O–H groups in total. The zero-order valence-corrected chi connectivity index (χ0v) is 7.59. The summed E-state index contributed by atoms with van der Waals surface area (Å²) in [6.45, 7) is 0. The summed E-state index contributed by atoms with van der Waals surface area (Å²) in [4.78, 5) is 32.7. The van der Waals surface area contributed by atoms with Crippen molar-refractivity contribution in [1.29, 1.82) is 5.41 Å². The van der Waals surface area contributed by atoms with Crippen LogP contribution in [0.2, 0.25) is 0 Å². The van der Waals surface area contributed by atoms with Crippen molar-refractivity contribution in [3.63, 3.8) is 0 Å². The minimum atomic E-state index is -1.28. The van der Waals surface area contributed by atoms with Gasteiger partial charge in [-0.3, -0.25) is 15.0 Å². The molecule has 0 aromatic carbocycles. The van der Waals surface area contributed by atoms with Crippen LogP contribution in [0, 0.1) is 5.41 Å². The number of hydrogen-bond donors (Lipinski definition) is 3. The molecule has 0 heterocycles. The highest BCUT2D eigenvalue weighted by Crippen LogP contribution is 2.12. The van der Waals surface area contributed by atoms with Crippen LogP contribution >= 0.6 is 11.6 Å². The summed E-state index contributed by atoms with van der Waals surface area (Å²) >= 11 is 5.43. The van der Waals surface area contributed by atoms with Gasteiger partial charge in [0, 0.05) is 6.08 Å². The van der Waals surface area contributed by atoms with Crippen molar-refractivity contribution in [2.75, 3.05) is 0 Å². The number of carbonyl (C=O) groups is 3. The van der Waals surface area contributed by atoms with Gasteiger partial charge in [0.25, 0.3) is 0 Å². The highest BCUT2D eigenvalue weighted by molar-refractivity contribution is 6.62. The number of primary amides is 1. The van der Waals surface area contributed by atoms with E-state index >= 15 is 0 Å². The number of rotatable bonds is 1. The average molecular weight is 216 g/mol. The molecule has 14 heavy (non-hydrogen) atoms. The van der Waals surface area contributed by atoms with Crippen molar-refractivity contribution in [1.82, 2.24) is 5.32 Å². The first-order chi connectivity index (χ1) is 6.43. The van der Waals surface area contributed by atoms with Crippen LogP contribution in [-0.2, 0) is 9.59 Å². The van der Waals surface area contributed by atoms with E-state index in [-0.39, 0.29) is 5.70 Å². The molecule has 2 amide bonds. The number of nitrogens with one attached hydrogen (secondary N) is 2. The van der Waals surface area contributed by atoms with Crippen molar-refractivity contribution in [3.05, 3.63) is 11.8 Å². The maximum absolute atomic E-state index is 11.2. The first kappa shape index (κ1) is 10.4. The molecule has 1 rings (SSSR count). The summed E-state index contributed by atoms with van der Waals surface area (Å²) in [6.07, 6.45) is 0.864. The predicted octanol–water partition coefficient (Wildman–Crippen LogP) is -0.682. The van der Waals surface area contributed by atoms with Gasteiger partial charge in [0.2, 0.25) is 5.78 Å². The van der Waals surface area contributed by atoms with Crippen molar-refractivity contribution in [2.24, 2.45) is 5.73 Å². The maximum atomic E-state index is 11.2. The Bertz CT molecular complexity index is 374. The van der Waals surface area contributed by atoms with Crippen molar-refractivity contribution in [2.45, 2.75) is 5.38 Å². The minimum Gasteiger partial charge on any atom is -0.351 e. The Morgan fingerprint density at radius 2 is 2.14 bits per heavy atom. The van der Waals surface area contributed by atoms with Gasteiger partial charge >= 0.3 is 6.03 Å². The van der Waals surface area contributed by atoms with Gasteiger partial charge < -0.3 is 11.1 Å². The SMILES string of the molecule is N=C1C(=O)C(NC(N)=O)=CC(=O)C1Cl. The number of nitrogens with two attached hydrogens (primary N) is 1. The van der Waals surface area contributed by atoms with E-state index in [2.05, 4.69) is 0 Å². The third kappa shape index (κ3) is 1.80. The fourth-order valence-corrected chi connectivity index (χ4v) is 1.07. The number of amides is 2. The number of hydrogen-bond acceptors (Lipinski definition) is 4. The maximum Gasteiger partial charge on any atom is 0.316 e. The molecule has 1 aliphatic rings. The number of alkyl halides is 1. The molecule has 0 saturated heterocycles. The second-order valence-corrected chi connectivity index (χ2v) is 2.99. The third-order valence-corrected chi connectivity index (χ3v) is 1.97. The summed E-state index contributed by atoms with van der Waals surface area (Å²) in [7, 11) is 0. The van der Waals surface area contributed by atoms with Gasteiger partial charge in [-0.25, -0.2) is 4.79 Å². The molecule has 0 radical (unpaired) electrons. The summed E-state index contributed by atoms with van der Waals surface area (Å²) in [6, 6.07) is -0.974. The van der Waals surface area contributed by atoms with Crippen LogP contribution in [-0.4, -0.2) is 28.7 Å². The summed E-state index contributed by atoms with van der Waals surface area (Å²) < 4.78 is 0. The van der Waals surface area contributed by atoms with E-state index in [1.807, 2.05) is 5.32 Å². The lowest BCUT2D eigenvalue weighted by molar-refractivity contribution is -0.116. The van der Waals surface area contributed by atoms with Crippen LogP contribution in [0.25, 0.3) is 0 Å². The van der Waals surface area contributed by atoms with Gasteiger partial charge in [-0.1, -0.05) is 0 Å². The summed E-state index contributed by atoms with van der Waals surface area (Å²) in [5, 5.41) is 7.84. The number of Topliss-reactive ketones (excluding diaryl/α,β-unsaturated/α-hetero) is 1. The molecule has 1 aliphatic carbocycles. The minimum absolute atomic E-state index is 0.315. The molecule has 7 heteroatoms. The Morgan fingerprint density at radius 1 is 1.57 bits per heavy atom. The van der Waals surface area contributed by atoms with Gasteiger partial charge in [0.15, 0.2) is 5.78 Å². The van der Waals surface area contributed by atoms with E-state index in [4.69, 9.17) is 22.7 Å². The van der Waals surface area contributed by atoms with Gasteiger partial charge in [0.05, 0.1) is 5.70 Å². The fourth-order valence-electron chi connectivity index (χ4n) is 0.909. The first-order valence-corrected chi connectivity index (χ1v) is 3.96. The summed E-state index contributed by atoms with van der Waals surface area (Å²) in [5.74, 6) is -1.43. The van der Waals surface area contributed by atoms with Crippen LogP contribution in [0.15, 0.2) is 11.8 Å². The van der Waals surface area contributed by atoms with E-state index in [1.165, 1.54) is 0 Å². The molecule has 74 valence electrons. The molecule has 0 fully saturated rings. The Hall–Kier alpha value is -1.69. The number of carbonyl (C=O) groups excluding carboxylic acids is 3. The van der Waals surface area contributed by atoms with E-state index in [0.717, 1.165) is 6.08 Å². The smallest absolute Gasteiger partial charge is 0.316 e. The quantitative estimate of drug-likeness (QED) is 0.504. The molecule has 0 saturated carbocycles. The zero-order chi connectivity index (χ0) is 10.9. The number of halogens is 1. The predicted molar refractivity (Wildman–Crippen MR) is 48.2 cm³/mol. The molecule has 1 atom stereocenters. The molecule has 6 nitrogen and oxygen atoms in total. The highest BCUT2D eigenvalue weighted by atomic mass is 35.5. The number of allylic oxidation sites excluding steroid dienone is 2. The second kappa shape index (κ2) is 3.59. The van der Waals surface area contributed by atoms with Gasteiger partial charge in [0.1, 0.15) is 11.1 Å². The second-order valence-electron chi connectivity index (χ2n) is 2.55. The summed E-state index contributed by atoms with van der Waals surface area (Å²) in [5.41, 5.74) is 3.87. The van der Waals surface area contributed by atoms with E-state index in [1.54, 1.807) is 0 Å². The monoisotopic (exact) mass is 215 g/mol. The average Bonchev–Trinajstić information content (AvgIpc) is 2.10. The molecule has 0 aromatic heterocycles. The molecule has 0 bridgehead atoms. The standard InChI is InChI=1S/C7H6ClN3O3/c8-4-3(12)1-2(11-7(10)14)6(13)5(4)9/h1,4,9H,(H3,10,11,14). The normalized spacial score (nSPS) is 21.9. The Morgan fingerprint density at radius 3 is 2.64 bits per heavy atom. The number of urea groups is 1. The molecular formula is C7H6ClN3O3. The van der Waals surface area contributed by atoms with E-state index < -0.39 is 28.7 Å². The Kier molecular flexibility index (Phi) is 2.66. The lowest BCUT2D eigenvalue weighted by atomic mass is 9.99. The van der Waals surface area contributed by atoms with Gasteiger partial charge in [-0.05, 0) is 0 Å². The van der Waals surface area contributed by atoms with Crippen LogP contribution in [0.1, 0.15) is 0 Å². The largest absolute Gasteiger partial charge is 0.351 e. The molecule has 1 unspecified atom stereocenters. The lowest BCUT2D eigenvalue weighted by Gasteiger charge is -2.15. The first-order valence-electron chi connectivity index (χ1n) is 3.52. The fraction of sp³-hybridized carbons (Fsp3) is 0.143. The highest BCUT2D eigenvalue weighted by Gasteiger charge is 2.32. The molecular weight excluding hydrogens is 210 g/mol. The molecule has 0 aliphatic heterocycles. The van der Waals surface area contributed by atoms with Crippen LogP contribution < -0.4 is 11.1 Å². The molecule has 0 aromatic rings. The van der Waals surface area contributed by atoms with Crippen LogP contribution in [0.5, 0.6) is 0 Å². The van der Waals surface area contributed by atoms with E-state index in [0.29, 0.717) is 0 Å². The van der Waals surface area contributed by atoms with E-state index in [9.17, 15) is 14.4 Å². The Labute approximate surface area is 83.6 Å². The van der Waals surface area contributed by atoms with Gasteiger partial charge in [-0.2, -0.15) is 0 Å². The van der Waals surface area contributed by atoms with Gasteiger partial charge in [-0.15, -0.1) is 11.6 Å². The van der Waals surface area contributed by atoms with Crippen LogP contribution in [0.4, 0.5) is 4.79 Å². The zero-order valence-electron chi connectivity index (χ0n) is 6.83. The van der Waals surface area contributed by atoms with Crippen LogP contribution in [0.3, 0.4) is 0 Å². The third-order valence-electron chi connectivity index (χ3n) is 1.54. The Balaban J connectivity index is 3.02. The topological polar surface area (TPSA) is 113 Å². The van der Waals surface area contributed by atoms with Crippen molar-refractivity contribution in [3.8, 4) is 0 Å². The lowest BCUT2D eigenvalue weighted by Crippen LogP contribution is -2.42. The van der Waals surface area contributed by atoms with Crippen molar-refractivity contribution >= 4 is 34.9 Å². The molecule has 0 spiro atoms. The van der Waals surface area contributed by atoms with Crippen molar-refractivity contribution < 1.29 is 14.4 Å². The number of ketones is 2.